The molecule has 0 radical (unpaired) electrons. The molecular weight excluding hydrogens is 491 g/mol. The van der Waals surface area contributed by atoms with E-state index in [0.29, 0.717) is 12.1 Å². The molecule has 8 heteroatoms. The van der Waals surface area contributed by atoms with Gasteiger partial charge in [-0.1, -0.05) is 24.3 Å². The molecule has 0 saturated carbocycles. The van der Waals surface area contributed by atoms with Crippen LogP contribution in [0.25, 0.3) is 5.69 Å². The Morgan fingerprint density at radius 1 is 1.07 bits per heavy atom. The molecule has 158 valence electrons. The summed E-state index contributed by atoms with van der Waals surface area (Å²) in [5.41, 5.74) is 3.96. The van der Waals surface area contributed by atoms with E-state index in [2.05, 4.69) is 38.2 Å². The van der Waals surface area contributed by atoms with Crippen molar-refractivity contribution in [1.82, 2.24) is 25.7 Å². The summed E-state index contributed by atoms with van der Waals surface area (Å²) in [6, 6.07) is 17.8. The van der Waals surface area contributed by atoms with Crippen LogP contribution >= 0.6 is 24.0 Å². The highest BCUT2D eigenvalue weighted by Gasteiger charge is 2.04. The Balaban J connectivity index is 0.00000320. The van der Waals surface area contributed by atoms with Gasteiger partial charge in [0.2, 0.25) is 0 Å². The van der Waals surface area contributed by atoms with Crippen molar-refractivity contribution in [2.45, 2.75) is 13.0 Å². The zero-order valence-electron chi connectivity index (χ0n) is 17.1. The van der Waals surface area contributed by atoms with Gasteiger partial charge in [-0.15, -0.1) is 24.0 Å². The van der Waals surface area contributed by atoms with Crippen molar-refractivity contribution >= 4 is 35.8 Å². The third kappa shape index (κ3) is 6.58. The molecule has 7 nitrogen and oxygen atoms in total. The number of halogens is 1. The van der Waals surface area contributed by atoms with Gasteiger partial charge < -0.3 is 16.0 Å². The summed E-state index contributed by atoms with van der Waals surface area (Å²) in [4.78, 5) is 16.0. The summed E-state index contributed by atoms with van der Waals surface area (Å²) >= 11 is 0. The number of guanidine groups is 1. The maximum Gasteiger partial charge on any atom is 0.251 e. The third-order valence-corrected chi connectivity index (χ3v) is 4.51. The topological polar surface area (TPSA) is 83.3 Å². The summed E-state index contributed by atoms with van der Waals surface area (Å²) in [5.74, 6) is 0.666. The molecule has 1 heterocycles. The Bertz CT molecular complexity index is 954. The minimum Gasteiger partial charge on any atom is -0.356 e. The van der Waals surface area contributed by atoms with Gasteiger partial charge >= 0.3 is 0 Å². The zero-order valence-corrected chi connectivity index (χ0v) is 19.5. The van der Waals surface area contributed by atoms with Gasteiger partial charge in [-0.05, 0) is 47.9 Å². The van der Waals surface area contributed by atoms with Gasteiger partial charge in [-0.3, -0.25) is 9.79 Å². The number of rotatable bonds is 7. The van der Waals surface area contributed by atoms with Gasteiger partial charge in [0.15, 0.2) is 5.96 Å². The number of carbonyl (C=O) groups excluding carboxylic acids is 1. The molecule has 30 heavy (non-hydrogen) atoms. The van der Waals surface area contributed by atoms with Crippen LogP contribution in [0.4, 0.5) is 0 Å². The first-order chi connectivity index (χ1) is 14.2. The highest BCUT2D eigenvalue weighted by molar-refractivity contribution is 14.0. The number of hydrogen-bond acceptors (Lipinski definition) is 3. The normalized spacial score (nSPS) is 10.8. The van der Waals surface area contributed by atoms with E-state index in [1.165, 1.54) is 0 Å². The molecule has 0 fully saturated rings. The zero-order chi connectivity index (χ0) is 20.5. The van der Waals surface area contributed by atoms with Crippen molar-refractivity contribution in [1.29, 1.82) is 0 Å². The van der Waals surface area contributed by atoms with Crippen molar-refractivity contribution in [2.75, 3.05) is 20.6 Å². The first kappa shape index (κ1) is 23.4. The second-order valence-corrected chi connectivity index (χ2v) is 6.50. The van der Waals surface area contributed by atoms with E-state index in [1.807, 2.05) is 53.3 Å². The van der Waals surface area contributed by atoms with Gasteiger partial charge in [-0.25, -0.2) is 4.68 Å². The van der Waals surface area contributed by atoms with E-state index in [0.717, 1.165) is 35.7 Å². The fraction of sp³-hybridized carbons (Fsp3) is 0.227. The lowest BCUT2D eigenvalue weighted by Crippen LogP contribution is -2.37. The number of nitrogens with zero attached hydrogens (tertiary/aromatic N) is 3. The standard InChI is InChI=1S/C22H26N6O.HI/c1-23-21(29)19-6-3-5-17(15-19)11-13-25-22(24-2)26-16-18-7-9-20(10-8-18)28-14-4-12-27-28;/h3-10,12,14-15H,11,13,16H2,1-2H3,(H,23,29)(H2,24,25,26);1H. The van der Waals surface area contributed by atoms with E-state index in [1.54, 1.807) is 20.3 Å². The lowest BCUT2D eigenvalue weighted by molar-refractivity contribution is 0.0963. The molecule has 0 spiro atoms. The first-order valence-corrected chi connectivity index (χ1v) is 9.54. The van der Waals surface area contributed by atoms with Crippen LogP contribution in [0.1, 0.15) is 21.5 Å². The van der Waals surface area contributed by atoms with E-state index >= 15 is 0 Å². The van der Waals surface area contributed by atoms with Gasteiger partial charge in [0, 0.05) is 45.1 Å². The smallest absolute Gasteiger partial charge is 0.251 e. The molecule has 3 rings (SSSR count). The fourth-order valence-corrected chi connectivity index (χ4v) is 2.93. The van der Waals surface area contributed by atoms with Gasteiger partial charge in [0.05, 0.1) is 5.69 Å². The van der Waals surface area contributed by atoms with Crippen LogP contribution in [-0.4, -0.2) is 42.3 Å². The number of carbonyl (C=O) groups is 1. The molecule has 0 bridgehead atoms. The Morgan fingerprint density at radius 3 is 2.53 bits per heavy atom. The Hall–Kier alpha value is -2.88. The van der Waals surface area contributed by atoms with E-state index in [4.69, 9.17) is 0 Å². The Labute approximate surface area is 194 Å². The van der Waals surface area contributed by atoms with Crippen LogP contribution in [0.2, 0.25) is 0 Å². The molecule has 0 aliphatic carbocycles. The molecule has 0 saturated heterocycles. The van der Waals surface area contributed by atoms with Crippen LogP contribution in [0.5, 0.6) is 0 Å². The van der Waals surface area contributed by atoms with Crippen molar-refractivity contribution in [3.8, 4) is 5.69 Å². The number of benzene rings is 2. The highest BCUT2D eigenvalue weighted by atomic mass is 127. The minimum absolute atomic E-state index is 0. The molecule has 3 aromatic rings. The largest absolute Gasteiger partial charge is 0.356 e. The molecule has 0 aliphatic heterocycles. The number of hydrogen-bond donors (Lipinski definition) is 3. The number of aliphatic imine (C=N–C) groups is 1. The predicted octanol–water partition coefficient (Wildman–Crippen LogP) is 2.76. The van der Waals surface area contributed by atoms with E-state index in [-0.39, 0.29) is 29.9 Å². The van der Waals surface area contributed by atoms with E-state index in [9.17, 15) is 4.79 Å². The second kappa shape index (κ2) is 12.0. The second-order valence-electron chi connectivity index (χ2n) is 6.50. The molecule has 1 amide bonds. The monoisotopic (exact) mass is 518 g/mol. The highest BCUT2D eigenvalue weighted by Crippen LogP contribution is 2.08. The van der Waals surface area contributed by atoms with Crippen molar-refractivity contribution in [3.63, 3.8) is 0 Å². The molecule has 0 aliphatic rings. The molecule has 2 aromatic carbocycles. The maximum atomic E-state index is 11.7. The lowest BCUT2D eigenvalue weighted by atomic mass is 10.1. The molecule has 0 atom stereocenters. The maximum absolute atomic E-state index is 11.7. The fourth-order valence-electron chi connectivity index (χ4n) is 2.93. The summed E-state index contributed by atoms with van der Waals surface area (Å²) in [7, 11) is 3.39. The Morgan fingerprint density at radius 2 is 1.87 bits per heavy atom. The average Bonchev–Trinajstić information content (AvgIpc) is 3.31. The summed E-state index contributed by atoms with van der Waals surface area (Å²) < 4.78 is 1.83. The molecule has 0 unspecified atom stereocenters. The van der Waals surface area contributed by atoms with Crippen LogP contribution in [0.15, 0.2) is 72.0 Å². The van der Waals surface area contributed by atoms with Gasteiger partial charge in [0.25, 0.3) is 5.91 Å². The molecule has 3 N–H and O–H groups in total. The predicted molar refractivity (Wildman–Crippen MR) is 131 cm³/mol. The SMILES string of the molecule is CN=C(NCCc1cccc(C(=O)NC)c1)NCc1ccc(-n2cccn2)cc1.I. The number of amides is 1. The summed E-state index contributed by atoms with van der Waals surface area (Å²) in [6.07, 6.45) is 4.48. The average molecular weight is 518 g/mol. The van der Waals surface area contributed by atoms with Crippen LogP contribution in [-0.2, 0) is 13.0 Å². The lowest BCUT2D eigenvalue weighted by Gasteiger charge is -2.12. The molecular formula is C22H27IN6O. The summed E-state index contributed by atoms with van der Waals surface area (Å²) in [6.45, 7) is 1.39. The summed E-state index contributed by atoms with van der Waals surface area (Å²) in [5, 5.41) is 13.5. The first-order valence-electron chi connectivity index (χ1n) is 9.54. The van der Waals surface area contributed by atoms with Crippen molar-refractivity contribution in [3.05, 3.63) is 83.7 Å². The van der Waals surface area contributed by atoms with Crippen molar-refractivity contribution < 1.29 is 4.79 Å². The van der Waals surface area contributed by atoms with Crippen LogP contribution in [0.3, 0.4) is 0 Å². The van der Waals surface area contributed by atoms with Crippen molar-refractivity contribution in [2.24, 2.45) is 4.99 Å². The third-order valence-electron chi connectivity index (χ3n) is 4.51. The van der Waals surface area contributed by atoms with Gasteiger partial charge in [-0.2, -0.15) is 5.10 Å². The van der Waals surface area contributed by atoms with Crippen LogP contribution < -0.4 is 16.0 Å². The quantitative estimate of drug-likeness (QED) is 0.255. The minimum atomic E-state index is -0.0733. The Kier molecular flexibility index (Phi) is 9.33. The number of aromatic nitrogens is 2. The van der Waals surface area contributed by atoms with E-state index < -0.39 is 0 Å². The van der Waals surface area contributed by atoms with Crippen LogP contribution in [0, 0.1) is 0 Å². The van der Waals surface area contributed by atoms with Gasteiger partial charge in [0.1, 0.15) is 0 Å². The molecule has 1 aromatic heterocycles. The number of nitrogens with one attached hydrogen (secondary N) is 3.